The van der Waals surface area contributed by atoms with Crippen LogP contribution in [-0.2, 0) is 0 Å². The van der Waals surface area contributed by atoms with E-state index in [2.05, 4.69) is 4.98 Å². The predicted octanol–water partition coefficient (Wildman–Crippen LogP) is 3.86. The molecule has 5 heteroatoms. The molecule has 0 amide bonds. The summed E-state index contributed by atoms with van der Waals surface area (Å²) in [6.45, 7) is 0. The zero-order valence-corrected chi connectivity index (χ0v) is 12.9. The van der Waals surface area contributed by atoms with Gasteiger partial charge in [-0.25, -0.2) is 0 Å². The Bertz CT molecular complexity index is 732. The molecule has 1 fully saturated rings. The number of methoxy groups -OCH3 is 2. The van der Waals surface area contributed by atoms with Gasteiger partial charge in [0.15, 0.2) is 5.43 Å². The van der Waals surface area contributed by atoms with Crippen LogP contribution in [0.4, 0.5) is 0 Å². The molecule has 1 N–H and O–H groups in total. The van der Waals surface area contributed by atoms with Crippen molar-refractivity contribution in [2.24, 2.45) is 0 Å². The van der Waals surface area contributed by atoms with Crippen LogP contribution in [0.3, 0.4) is 0 Å². The van der Waals surface area contributed by atoms with E-state index in [1.165, 1.54) is 20.0 Å². The highest BCUT2D eigenvalue weighted by Gasteiger charge is 2.21. The maximum atomic E-state index is 12.5. The molecule has 1 aliphatic rings. The Hall–Kier alpha value is -1.68. The maximum Gasteiger partial charge on any atom is 0.191 e. The second kappa shape index (κ2) is 5.60. The number of fused-ring (bicyclic) bond motifs is 1. The molecule has 0 aliphatic heterocycles. The van der Waals surface area contributed by atoms with Gasteiger partial charge in [-0.3, -0.25) is 4.79 Å². The molecule has 0 saturated heterocycles. The molecule has 0 unspecified atom stereocenters. The lowest BCUT2D eigenvalue weighted by atomic mass is 10.0. The SMILES string of the molecule is COc1cc(OC)c2[nH]c(C3CCCC3)cc(=O)c2c1Cl. The highest BCUT2D eigenvalue weighted by Crippen LogP contribution is 2.38. The minimum Gasteiger partial charge on any atom is -0.495 e. The van der Waals surface area contributed by atoms with Crippen molar-refractivity contribution in [1.82, 2.24) is 4.98 Å². The molecular formula is C16H18ClNO3. The third-order valence-corrected chi connectivity index (χ3v) is 4.61. The fourth-order valence-corrected chi connectivity index (χ4v) is 3.45. The van der Waals surface area contributed by atoms with Gasteiger partial charge in [0, 0.05) is 17.8 Å². The zero-order chi connectivity index (χ0) is 15.0. The molecule has 1 heterocycles. The van der Waals surface area contributed by atoms with Gasteiger partial charge >= 0.3 is 0 Å². The molecular weight excluding hydrogens is 290 g/mol. The van der Waals surface area contributed by atoms with Crippen LogP contribution in [0.5, 0.6) is 11.5 Å². The molecule has 21 heavy (non-hydrogen) atoms. The summed E-state index contributed by atoms with van der Waals surface area (Å²) in [4.78, 5) is 15.9. The highest BCUT2D eigenvalue weighted by atomic mass is 35.5. The number of H-pyrrole nitrogens is 1. The van der Waals surface area contributed by atoms with Gasteiger partial charge in [0.05, 0.1) is 30.1 Å². The Morgan fingerprint density at radius 1 is 1.14 bits per heavy atom. The molecule has 2 aromatic rings. The van der Waals surface area contributed by atoms with Gasteiger partial charge < -0.3 is 14.5 Å². The molecule has 0 spiro atoms. The van der Waals surface area contributed by atoms with Crippen LogP contribution in [-0.4, -0.2) is 19.2 Å². The Balaban J connectivity index is 2.28. The third kappa shape index (κ3) is 2.38. The zero-order valence-electron chi connectivity index (χ0n) is 12.2. The van der Waals surface area contributed by atoms with E-state index in [1.807, 2.05) is 0 Å². The number of halogens is 1. The molecule has 1 saturated carbocycles. The first kappa shape index (κ1) is 14.3. The van der Waals surface area contributed by atoms with Gasteiger partial charge in [0.25, 0.3) is 0 Å². The second-order valence-corrected chi connectivity index (χ2v) is 5.79. The number of nitrogens with one attached hydrogen (secondary N) is 1. The Labute approximate surface area is 128 Å². The van der Waals surface area contributed by atoms with E-state index in [9.17, 15) is 4.79 Å². The fourth-order valence-electron chi connectivity index (χ4n) is 3.13. The number of hydrogen-bond donors (Lipinski definition) is 1. The lowest BCUT2D eigenvalue weighted by molar-refractivity contribution is 0.397. The average Bonchev–Trinajstić information content (AvgIpc) is 3.01. The summed E-state index contributed by atoms with van der Waals surface area (Å²) in [5.41, 5.74) is 1.54. The standard InChI is InChI=1S/C16H18ClNO3/c1-20-12-8-13(21-2)16-14(15(12)17)11(19)7-10(18-16)9-5-3-4-6-9/h7-9H,3-6H2,1-2H3,(H,18,19). The summed E-state index contributed by atoms with van der Waals surface area (Å²) in [5.74, 6) is 1.44. The molecule has 0 atom stereocenters. The molecule has 1 aliphatic carbocycles. The smallest absolute Gasteiger partial charge is 0.191 e. The predicted molar refractivity (Wildman–Crippen MR) is 83.9 cm³/mol. The Kier molecular flexibility index (Phi) is 3.81. The average molecular weight is 308 g/mol. The van der Waals surface area contributed by atoms with Crippen molar-refractivity contribution in [3.8, 4) is 11.5 Å². The highest BCUT2D eigenvalue weighted by molar-refractivity contribution is 6.37. The molecule has 4 nitrogen and oxygen atoms in total. The molecule has 0 radical (unpaired) electrons. The van der Waals surface area contributed by atoms with Gasteiger partial charge in [-0.05, 0) is 18.8 Å². The van der Waals surface area contributed by atoms with Gasteiger partial charge in [0.2, 0.25) is 0 Å². The van der Waals surface area contributed by atoms with Crippen molar-refractivity contribution in [3.63, 3.8) is 0 Å². The molecule has 1 aromatic carbocycles. The summed E-state index contributed by atoms with van der Waals surface area (Å²) >= 11 is 6.29. The van der Waals surface area contributed by atoms with Crippen LogP contribution < -0.4 is 14.9 Å². The maximum absolute atomic E-state index is 12.5. The quantitative estimate of drug-likeness (QED) is 0.937. The summed E-state index contributed by atoms with van der Waals surface area (Å²) in [5, 5.41) is 0.752. The van der Waals surface area contributed by atoms with Gasteiger partial charge in [-0.15, -0.1) is 0 Å². The van der Waals surface area contributed by atoms with Crippen LogP contribution in [0.2, 0.25) is 5.02 Å². The monoisotopic (exact) mass is 307 g/mol. The molecule has 3 rings (SSSR count). The number of aromatic nitrogens is 1. The number of hydrogen-bond acceptors (Lipinski definition) is 3. The normalized spacial score (nSPS) is 15.6. The van der Waals surface area contributed by atoms with E-state index in [-0.39, 0.29) is 5.43 Å². The van der Waals surface area contributed by atoms with Crippen molar-refractivity contribution < 1.29 is 9.47 Å². The number of ether oxygens (including phenoxy) is 2. The second-order valence-electron chi connectivity index (χ2n) is 5.42. The van der Waals surface area contributed by atoms with Crippen molar-refractivity contribution in [2.75, 3.05) is 14.2 Å². The van der Waals surface area contributed by atoms with Crippen LogP contribution in [0.15, 0.2) is 16.9 Å². The molecule has 0 bridgehead atoms. The van der Waals surface area contributed by atoms with Crippen molar-refractivity contribution in [2.45, 2.75) is 31.6 Å². The van der Waals surface area contributed by atoms with E-state index < -0.39 is 0 Å². The van der Waals surface area contributed by atoms with E-state index in [1.54, 1.807) is 19.2 Å². The van der Waals surface area contributed by atoms with Crippen LogP contribution in [0, 0.1) is 0 Å². The van der Waals surface area contributed by atoms with Crippen LogP contribution in [0.1, 0.15) is 37.3 Å². The van der Waals surface area contributed by atoms with Crippen molar-refractivity contribution >= 4 is 22.5 Å². The first-order chi connectivity index (χ1) is 10.2. The fraction of sp³-hybridized carbons (Fsp3) is 0.438. The lowest BCUT2D eigenvalue weighted by Crippen LogP contribution is -2.09. The first-order valence-corrected chi connectivity index (χ1v) is 7.51. The van der Waals surface area contributed by atoms with Crippen LogP contribution >= 0.6 is 11.6 Å². The summed E-state index contributed by atoms with van der Waals surface area (Å²) in [6.07, 6.45) is 4.66. The van der Waals surface area contributed by atoms with Crippen LogP contribution in [0.25, 0.3) is 10.9 Å². The van der Waals surface area contributed by atoms with Crippen molar-refractivity contribution in [3.05, 3.63) is 33.1 Å². The Morgan fingerprint density at radius 2 is 1.81 bits per heavy atom. The third-order valence-electron chi connectivity index (χ3n) is 4.23. The van der Waals surface area contributed by atoms with Gasteiger partial charge in [-0.1, -0.05) is 24.4 Å². The van der Waals surface area contributed by atoms with E-state index in [4.69, 9.17) is 21.1 Å². The molecule has 112 valence electrons. The molecule has 1 aromatic heterocycles. The summed E-state index contributed by atoms with van der Waals surface area (Å²) in [7, 11) is 3.09. The topological polar surface area (TPSA) is 51.3 Å². The lowest BCUT2D eigenvalue weighted by Gasteiger charge is -2.15. The summed E-state index contributed by atoms with van der Waals surface area (Å²) in [6, 6.07) is 3.38. The van der Waals surface area contributed by atoms with E-state index in [0.717, 1.165) is 18.5 Å². The minimum atomic E-state index is -0.0900. The largest absolute Gasteiger partial charge is 0.495 e. The summed E-state index contributed by atoms with van der Waals surface area (Å²) < 4.78 is 10.6. The van der Waals surface area contributed by atoms with Gasteiger partial charge in [-0.2, -0.15) is 0 Å². The number of rotatable bonds is 3. The first-order valence-electron chi connectivity index (χ1n) is 7.13. The number of pyridine rings is 1. The Morgan fingerprint density at radius 3 is 2.43 bits per heavy atom. The number of benzene rings is 1. The van der Waals surface area contributed by atoms with Crippen molar-refractivity contribution in [1.29, 1.82) is 0 Å². The van der Waals surface area contributed by atoms with Gasteiger partial charge in [0.1, 0.15) is 11.5 Å². The number of aromatic amines is 1. The van der Waals surface area contributed by atoms with E-state index >= 15 is 0 Å². The van der Waals surface area contributed by atoms with E-state index in [0.29, 0.717) is 33.3 Å². The minimum absolute atomic E-state index is 0.0900.